The predicted molar refractivity (Wildman–Crippen MR) is 98.9 cm³/mol. The van der Waals surface area contributed by atoms with Gasteiger partial charge in [-0.3, -0.25) is 14.5 Å². The molecule has 1 aromatic rings. The number of carbonyl (C=O) groups excluding carboxylic acids is 3. The number of carbonyl (C=O) groups is 3. The standard InChI is InChI=1S/C17H18BrNO5S/c1-10(2)14(19-15(21)13(18)16(19)25-9-20)17(22)24-8-11-4-6-12(23-3)7-5-11/h4-7,9,13,16H,8H2,1-3H3/t13-,16+/m0/s1. The first-order valence-corrected chi connectivity index (χ1v) is 9.30. The molecule has 1 aliphatic rings. The average Bonchev–Trinajstić information content (AvgIpc) is 2.62. The first-order valence-electron chi connectivity index (χ1n) is 7.44. The second-order valence-electron chi connectivity index (χ2n) is 5.51. The van der Waals surface area contributed by atoms with E-state index in [2.05, 4.69) is 15.9 Å². The number of hydrogen-bond acceptors (Lipinski definition) is 6. The van der Waals surface area contributed by atoms with Crippen LogP contribution in [0.15, 0.2) is 35.5 Å². The summed E-state index contributed by atoms with van der Waals surface area (Å²) in [6.45, 7) is 3.52. The fraction of sp³-hybridized carbons (Fsp3) is 0.353. The quantitative estimate of drug-likeness (QED) is 0.219. The maximum absolute atomic E-state index is 12.5. The minimum absolute atomic E-state index is 0.0743. The summed E-state index contributed by atoms with van der Waals surface area (Å²) < 4.78 is 10.4. The Kier molecular flexibility index (Phi) is 6.66. The van der Waals surface area contributed by atoms with Crippen LogP contribution in [0.25, 0.3) is 0 Å². The van der Waals surface area contributed by atoms with Gasteiger partial charge in [0.1, 0.15) is 28.3 Å². The van der Waals surface area contributed by atoms with Crippen molar-refractivity contribution in [2.75, 3.05) is 7.11 Å². The van der Waals surface area contributed by atoms with Crippen LogP contribution < -0.4 is 4.74 Å². The molecule has 1 aliphatic heterocycles. The molecule has 0 N–H and O–H groups in total. The number of benzene rings is 1. The van der Waals surface area contributed by atoms with E-state index in [1.54, 1.807) is 45.2 Å². The van der Waals surface area contributed by atoms with E-state index >= 15 is 0 Å². The minimum atomic E-state index is -0.597. The SMILES string of the molecule is COc1ccc(COC(=O)C(=C(C)C)N2C(=O)[C@H](Br)[C@H]2SC=O)cc1. The van der Waals surface area contributed by atoms with E-state index in [9.17, 15) is 14.4 Å². The van der Waals surface area contributed by atoms with Crippen molar-refractivity contribution >= 4 is 45.2 Å². The number of β-lactam (4-membered cyclic amide) rings is 1. The summed E-state index contributed by atoms with van der Waals surface area (Å²) in [6, 6.07) is 7.14. The molecule has 8 heteroatoms. The molecule has 2 atom stereocenters. The normalized spacial score (nSPS) is 19.0. The van der Waals surface area contributed by atoms with Gasteiger partial charge in [-0.05, 0) is 37.1 Å². The van der Waals surface area contributed by atoms with Crippen LogP contribution in [0.4, 0.5) is 0 Å². The zero-order valence-corrected chi connectivity index (χ0v) is 16.4. The Morgan fingerprint density at radius 1 is 1.32 bits per heavy atom. The van der Waals surface area contributed by atoms with Crippen molar-refractivity contribution < 1.29 is 23.9 Å². The lowest BCUT2D eigenvalue weighted by Crippen LogP contribution is -2.60. The smallest absolute Gasteiger partial charge is 0.355 e. The van der Waals surface area contributed by atoms with Crippen LogP contribution in [0.3, 0.4) is 0 Å². The van der Waals surface area contributed by atoms with Gasteiger partial charge in [0.2, 0.25) is 5.91 Å². The number of ether oxygens (including phenoxy) is 2. The van der Waals surface area contributed by atoms with Crippen molar-refractivity contribution in [2.45, 2.75) is 30.7 Å². The minimum Gasteiger partial charge on any atom is -0.497 e. The molecule has 1 heterocycles. The lowest BCUT2D eigenvalue weighted by molar-refractivity contribution is -0.149. The number of halogens is 1. The second kappa shape index (κ2) is 8.53. The van der Waals surface area contributed by atoms with E-state index in [-0.39, 0.29) is 18.2 Å². The maximum Gasteiger partial charge on any atom is 0.355 e. The molecule has 0 spiro atoms. The molecule has 134 valence electrons. The summed E-state index contributed by atoms with van der Waals surface area (Å²) in [7, 11) is 1.57. The summed E-state index contributed by atoms with van der Waals surface area (Å²) in [5.41, 5.74) is 2.27. The molecular weight excluding hydrogens is 410 g/mol. The molecule has 2 rings (SSSR count). The van der Waals surface area contributed by atoms with E-state index < -0.39 is 16.2 Å². The van der Waals surface area contributed by atoms with E-state index in [1.807, 2.05) is 0 Å². The molecule has 1 saturated heterocycles. The van der Waals surface area contributed by atoms with Crippen molar-refractivity contribution in [3.8, 4) is 5.75 Å². The van der Waals surface area contributed by atoms with Crippen molar-refractivity contribution in [3.63, 3.8) is 0 Å². The Hall–Kier alpha value is -1.80. The van der Waals surface area contributed by atoms with Gasteiger partial charge in [0.15, 0.2) is 5.62 Å². The van der Waals surface area contributed by atoms with E-state index in [0.717, 1.165) is 17.3 Å². The number of amides is 1. The number of thioether (sulfide) groups is 1. The van der Waals surface area contributed by atoms with Crippen molar-refractivity contribution in [3.05, 3.63) is 41.1 Å². The van der Waals surface area contributed by atoms with Crippen LogP contribution >= 0.6 is 27.7 Å². The lowest BCUT2D eigenvalue weighted by atomic mass is 10.1. The zero-order chi connectivity index (χ0) is 18.6. The predicted octanol–water partition coefficient (Wildman–Crippen LogP) is 2.89. The fourth-order valence-corrected chi connectivity index (χ4v) is 3.87. The molecule has 0 unspecified atom stereocenters. The van der Waals surface area contributed by atoms with E-state index in [4.69, 9.17) is 9.47 Å². The summed E-state index contributed by atoms with van der Waals surface area (Å²) in [5, 5.41) is -0.455. The number of rotatable bonds is 7. The molecule has 0 aromatic heterocycles. The highest BCUT2D eigenvalue weighted by Gasteiger charge is 2.50. The summed E-state index contributed by atoms with van der Waals surface area (Å²) in [6.07, 6.45) is 0. The molecule has 0 aliphatic carbocycles. The molecule has 1 amide bonds. The second-order valence-corrected chi connectivity index (χ2v) is 7.44. The van der Waals surface area contributed by atoms with Crippen molar-refractivity contribution in [1.29, 1.82) is 0 Å². The summed E-state index contributed by atoms with van der Waals surface area (Å²) in [4.78, 5) is 36.3. The monoisotopic (exact) mass is 427 g/mol. The number of allylic oxidation sites excluding steroid dienone is 1. The Balaban J connectivity index is 2.09. The lowest BCUT2D eigenvalue weighted by Gasteiger charge is -2.43. The number of alkyl halides is 1. The molecule has 0 bridgehead atoms. The van der Waals surface area contributed by atoms with Gasteiger partial charge in [-0.2, -0.15) is 0 Å². The van der Waals surface area contributed by atoms with Gasteiger partial charge in [-0.25, -0.2) is 4.79 Å². The van der Waals surface area contributed by atoms with Gasteiger partial charge in [0, 0.05) is 0 Å². The molecule has 0 radical (unpaired) electrons. The summed E-state index contributed by atoms with van der Waals surface area (Å²) >= 11 is 4.17. The zero-order valence-electron chi connectivity index (χ0n) is 14.0. The number of hydrogen-bond donors (Lipinski definition) is 0. The van der Waals surface area contributed by atoms with Gasteiger partial charge >= 0.3 is 5.97 Å². The summed E-state index contributed by atoms with van der Waals surface area (Å²) in [5.74, 6) is -0.152. The van der Waals surface area contributed by atoms with Crippen LogP contribution in [-0.2, 0) is 25.7 Å². The van der Waals surface area contributed by atoms with Gasteiger partial charge in [0.05, 0.1) is 7.11 Å². The Morgan fingerprint density at radius 2 is 1.96 bits per heavy atom. The highest BCUT2D eigenvalue weighted by Crippen LogP contribution is 2.38. The highest BCUT2D eigenvalue weighted by molar-refractivity contribution is 9.10. The van der Waals surface area contributed by atoms with Crippen molar-refractivity contribution in [1.82, 2.24) is 4.90 Å². The molecule has 1 fully saturated rings. The first-order chi connectivity index (χ1) is 11.9. The van der Waals surface area contributed by atoms with Crippen LogP contribution in [0.1, 0.15) is 19.4 Å². The third-order valence-electron chi connectivity index (χ3n) is 3.61. The van der Waals surface area contributed by atoms with Gasteiger partial charge in [0.25, 0.3) is 0 Å². The molecule has 6 nitrogen and oxygen atoms in total. The molecule has 25 heavy (non-hydrogen) atoms. The Bertz CT molecular complexity index is 699. The Morgan fingerprint density at radius 3 is 2.48 bits per heavy atom. The van der Waals surface area contributed by atoms with Crippen LogP contribution in [0.2, 0.25) is 0 Å². The number of esters is 1. The molecule has 0 saturated carbocycles. The first kappa shape index (κ1) is 19.5. The van der Waals surface area contributed by atoms with Gasteiger partial charge < -0.3 is 9.47 Å². The molecular formula is C17H18BrNO5S. The largest absolute Gasteiger partial charge is 0.497 e. The molecule has 1 aromatic carbocycles. The topological polar surface area (TPSA) is 72.9 Å². The number of nitrogens with zero attached hydrogens (tertiary/aromatic N) is 1. The average molecular weight is 428 g/mol. The fourth-order valence-electron chi connectivity index (χ4n) is 2.34. The maximum atomic E-state index is 12.5. The number of methoxy groups -OCH3 is 1. The van der Waals surface area contributed by atoms with E-state index in [0.29, 0.717) is 16.9 Å². The van der Waals surface area contributed by atoms with Gasteiger partial charge in [-0.15, -0.1) is 0 Å². The van der Waals surface area contributed by atoms with Crippen LogP contribution in [0, 0.1) is 0 Å². The third kappa shape index (κ3) is 4.24. The van der Waals surface area contributed by atoms with Crippen molar-refractivity contribution in [2.24, 2.45) is 0 Å². The van der Waals surface area contributed by atoms with Crippen LogP contribution in [0.5, 0.6) is 5.75 Å². The Labute approximate surface area is 158 Å². The van der Waals surface area contributed by atoms with E-state index in [1.165, 1.54) is 4.90 Å². The highest BCUT2D eigenvalue weighted by atomic mass is 79.9. The van der Waals surface area contributed by atoms with Crippen LogP contribution in [-0.4, -0.2) is 39.7 Å². The van der Waals surface area contributed by atoms with Gasteiger partial charge in [-0.1, -0.05) is 39.8 Å². The third-order valence-corrected chi connectivity index (χ3v) is 5.73. The number of likely N-dealkylation sites (tertiary alicyclic amines) is 1.